The number of methoxy groups -OCH3 is 1. The zero-order valence-corrected chi connectivity index (χ0v) is 19.3. The Balaban J connectivity index is 1.64. The molecule has 0 atom stereocenters. The number of hydrogen-bond acceptors (Lipinski definition) is 6. The van der Waals surface area contributed by atoms with Crippen LogP contribution in [-0.2, 0) is 14.3 Å². The summed E-state index contributed by atoms with van der Waals surface area (Å²) in [5.74, 6) is -1.58. The molecule has 33 heavy (non-hydrogen) atoms. The summed E-state index contributed by atoms with van der Waals surface area (Å²) in [4.78, 5) is 50.1. The number of rotatable bonds is 4. The van der Waals surface area contributed by atoms with E-state index in [-0.39, 0.29) is 21.9 Å². The van der Waals surface area contributed by atoms with Crippen molar-refractivity contribution in [1.29, 1.82) is 0 Å². The van der Waals surface area contributed by atoms with Crippen molar-refractivity contribution < 1.29 is 28.3 Å². The molecule has 166 valence electrons. The van der Waals surface area contributed by atoms with E-state index in [1.165, 1.54) is 25.3 Å². The molecule has 4 rings (SSSR count). The van der Waals surface area contributed by atoms with Crippen molar-refractivity contribution in [3.63, 3.8) is 0 Å². The van der Waals surface area contributed by atoms with Crippen molar-refractivity contribution in [3.8, 4) is 11.3 Å². The van der Waals surface area contributed by atoms with Crippen LogP contribution in [0.25, 0.3) is 17.4 Å². The summed E-state index contributed by atoms with van der Waals surface area (Å²) in [6.07, 6.45) is 1.25. The van der Waals surface area contributed by atoms with Crippen LogP contribution >= 0.6 is 27.5 Å². The van der Waals surface area contributed by atoms with Gasteiger partial charge < -0.3 is 9.15 Å². The van der Waals surface area contributed by atoms with Gasteiger partial charge in [0.1, 0.15) is 17.1 Å². The number of carbonyl (C=O) groups is 4. The number of nitrogens with one attached hydrogen (secondary N) is 1. The van der Waals surface area contributed by atoms with Crippen LogP contribution in [0.1, 0.15) is 16.1 Å². The lowest BCUT2D eigenvalue weighted by molar-refractivity contribution is -0.122. The molecule has 0 bridgehead atoms. The number of benzene rings is 2. The van der Waals surface area contributed by atoms with E-state index in [2.05, 4.69) is 26.0 Å². The Morgan fingerprint density at radius 1 is 1.09 bits per heavy atom. The summed E-state index contributed by atoms with van der Waals surface area (Å²) in [6, 6.07) is 13.5. The molecule has 3 aromatic rings. The number of furan rings is 1. The average Bonchev–Trinajstić information content (AvgIpc) is 3.26. The molecule has 0 aliphatic carbocycles. The minimum Gasteiger partial charge on any atom is -0.465 e. The largest absolute Gasteiger partial charge is 0.465 e. The predicted octanol–water partition coefficient (Wildman–Crippen LogP) is 4.82. The molecule has 1 fully saturated rings. The maximum atomic E-state index is 12.9. The van der Waals surface area contributed by atoms with Crippen LogP contribution in [0.4, 0.5) is 10.5 Å². The van der Waals surface area contributed by atoms with E-state index >= 15 is 0 Å². The molecule has 0 radical (unpaired) electrons. The molecule has 0 unspecified atom stereocenters. The summed E-state index contributed by atoms with van der Waals surface area (Å²) in [6.45, 7) is 0. The minimum atomic E-state index is -0.843. The van der Waals surface area contributed by atoms with E-state index in [0.29, 0.717) is 17.0 Å². The predicted molar refractivity (Wildman–Crippen MR) is 124 cm³/mol. The van der Waals surface area contributed by atoms with Gasteiger partial charge in [-0.05, 0) is 54.6 Å². The fraction of sp³-hybridized carbons (Fsp3) is 0.0435. The van der Waals surface area contributed by atoms with E-state index in [1.54, 1.807) is 42.5 Å². The number of ether oxygens (including phenoxy) is 1. The van der Waals surface area contributed by atoms with Gasteiger partial charge in [-0.1, -0.05) is 33.6 Å². The summed E-state index contributed by atoms with van der Waals surface area (Å²) >= 11 is 9.45. The number of amides is 4. The van der Waals surface area contributed by atoms with Crippen molar-refractivity contribution in [1.82, 2.24) is 5.32 Å². The second-order valence-electron chi connectivity index (χ2n) is 6.82. The Morgan fingerprint density at radius 3 is 2.48 bits per heavy atom. The second kappa shape index (κ2) is 9.05. The lowest BCUT2D eigenvalue weighted by atomic mass is 10.1. The second-order valence-corrected chi connectivity index (χ2v) is 8.15. The Morgan fingerprint density at radius 2 is 1.82 bits per heavy atom. The Kier molecular flexibility index (Phi) is 6.17. The van der Waals surface area contributed by atoms with Crippen molar-refractivity contribution in [3.05, 3.63) is 81.0 Å². The maximum Gasteiger partial charge on any atom is 0.339 e. The van der Waals surface area contributed by atoms with Crippen LogP contribution in [0, 0.1) is 0 Å². The Hall–Kier alpha value is -3.69. The molecule has 1 aromatic heterocycles. The van der Waals surface area contributed by atoms with Crippen LogP contribution in [0.5, 0.6) is 0 Å². The number of barbiturate groups is 1. The number of esters is 1. The highest BCUT2D eigenvalue weighted by atomic mass is 79.9. The Labute approximate surface area is 200 Å². The lowest BCUT2D eigenvalue weighted by Crippen LogP contribution is -2.54. The molecule has 0 spiro atoms. The number of imide groups is 2. The first-order valence-electron chi connectivity index (χ1n) is 9.43. The number of urea groups is 1. The first-order valence-corrected chi connectivity index (χ1v) is 10.6. The number of anilines is 1. The van der Waals surface area contributed by atoms with E-state index in [4.69, 9.17) is 16.0 Å². The molecule has 8 nitrogen and oxygen atoms in total. The molecule has 2 aromatic carbocycles. The fourth-order valence-corrected chi connectivity index (χ4v) is 3.68. The van der Waals surface area contributed by atoms with Gasteiger partial charge in [-0.3, -0.25) is 14.9 Å². The van der Waals surface area contributed by atoms with Gasteiger partial charge in [0.2, 0.25) is 0 Å². The molecular weight excluding hydrogens is 516 g/mol. The standard InChI is InChI=1S/C23H14BrClN2O6/c1-32-22(30)16-8-2-12(10-18(16)25)19-9-7-15(33-19)11-17-20(28)26-23(31)27(21(17)29)14-5-3-13(24)4-6-14/h2-11H,1H3,(H,26,28,31)/b17-11+. The summed E-state index contributed by atoms with van der Waals surface area (Å²) in [5.41, 5.74) is 0.819. The summed E-state index contributed by atoms with van der Waals surface area (Å²) < 4.78 is 11.2. The highest BCUT2D eigenvalue weighted by Crippen LogP contribution is 2.29. The first-order chi connectivity index (χ1) is 15.8. The molecule has 1 N–H and O–H groups in total. The molecule has 4 amide bonds. The zero-order valence-electron chi connectivity index (χ0n) is 16.9. The summed E-state index contributed by atoms with van der Waals surface area (Å²) in [5, 5.41) is 2.34. The van der Waals surface area contributed by atoms with Gasteiger partial charge in [0.15, 0.2) is 0 Å². The normalized spacial score (nSPS) is 15.1. The van der Waals surface area contributed by atoms with Crippen molar-refractivity contribution in [2.75, 3.05) is 12.0 Å². The van der Waals surface area contributed by atoms with Gasteiger partial charge in [-0.2, -0.15) is 0 Å². The third-order valence-electron chi connectivity index (χ3n) is 4.76. The molecule has 0 saturated carbocycles. The van der Waals surface area contributed by atoms with E-state index < -0.39 is 23.8 Å². The molecular formula is C23H14BrClN2O6. The third kappa shape index (κ3) is 4.46. The molecule has 1 aliphatic rings. The smallest absolute Gasteiger partial charge is 0.339 e. The maximum absolute atomic E-state index is 12.9. The van der Waals surface area contributed by atoms with Gasteiger partial charge in [0.05, 0.1) is 23.4 Å². The topological polar surface area (TPSA) is 106 Å². The highest BCUT2D eigenvalue weighted by molar-refractivity contribution is 9.10. The van der Waals surface area contributed by atoms with Gasteiger partial charge in [-0.15, -0.1) is 0 Å². The van der Waals surface area contributed by atoms with E-state index in [9.17, 15) is 19.2 Å². The third-order valence-corrected chi connectivity index (χ3v) is 5.60. The zero-order chi connectivity index (χ0) is 23.7. The highest BCUT2D eigenvalue weighted by Gasteiger charge is 2.37. The van der Waals surface area contributed by atoms with Gasteiger partial charge in [-0.25, -0.2) is 14.5 Å². The van der Waals surface area contributed by atoms with Crippen molar-refractivity contribution in [2.24, 2.45) is 0 Å². The minimum absolute atomic E-state index is 0.182. The van der Waals surface area contributed by atoms with Gasteiger partial charge >= 0.3 is 12.0 Å². The van der Waals surface area contributed by atoms with Crippen LogP contribution < -0.4 is 10.2 Å². The van der Waals surface area contributed by atoms with Crippen LogP contribution in [-0.4, -0.2) is 30.9 Å². The number of carbonyl (C=O) groups excluding carboxylic acids is 4. The van der Waals surface area contributed by atoms with E-state index in [1.807, 2.05) is 0 Å². The number of halogens is 2. The fourth-order valence-electron chi connectivity index (χ4n) is 3.15. The monoisotopic (exact) mass is 528 g/mol. The average molecular weight is 530 g/mol. The SMILES string of the molecule is COC(=O)c1ccc(-c2ccc(/C=C3\C(=O)NC(=O)N(c4ccc(Br)cc4)C3=O)o2)cc1Cl. The Bertz CT molecular complexity index is 1330. The quantitative estimate of drug-likeness (QED) is 0.295. The first kappa shape index (κ1) is 22.5. The summed E-state index contributed by atoms with van der Waals surface area (Å²) in [7, 11) is 1.26. The molecule has 10 heteroatoms. The van der Waals surface area contributed by atoms with E-state index in [0.717, 1.165) is 9.37 Å². The van der Waals surface area contributed by atoms with Gasteiger partial charge in [0, 0.05) is 10.0 Å². The van der Waals surface area contributed by atoms with Crippen molar-refractivity contribution in [2.45, 2.75) is 0 Å². The molecule has 1 aliphatic heterocycles. The van der Waals surface area contributed by atoms with Crippen LogP contribution in [0.2, 0.25) is 5.02 Å². The van der Waals surface area contributed by atoms with Gasteiger partial charge in [0.25, 0.3) is 11.8 Å². The molecule has 1 saturated heterocycles. The number of hydrogen-bond donors (Lipinski definition) is 1. The van der Waals surface area contributed by atoms with Crippen molar-refractivity contribution >= 4 is 63.1 Å². The number of nitrogens with zero attached hydrogens (tertiary/aromatic N) is 1. The van der Waals surface area contributed by atoms with Crippen LogP contribution in [0.15, 0.2) is 69.1 Å². The lowest BCUT2D eigenvalue weighted by Gasteiger charge is -2.26. The van der Waals surface area contributed by atoms with Crippen LogP contribution in [0.3, 0.4) is 0 Å². The molecule has 2 heterocycles.